The van der Waals surface area contributed by atoms with E-state index in [1.165, 1.54) is 0 Å². The largest absolute Gasteiger partial charge is 0.507 e. The van der Waals surface area contributed by atoms with Gasteiger partial charge in [0.05, 0.1) is 6.61 Å². The number of hydrogen-bond acceptors (Lipinski definition) is 3. The van der Waals surface area contributed by atoms with Gasteiger partial charge in [0.15, 0.2) is 6.29 Å². The van der Waals surface area contributed by atoms with Crippen LogP contribution < -0.4 is 4.74 Å². The molecular weight excluding hydrogens is 288 g/mol. The smallest absolute Gasteiger partial charge is 0.199 e. The molecule has 2 rings (SSSR count). The Kier molecular flexibility index (Phi) is 5.00. The third-order valence-corrected chi connectivity index (χ3v) is 4.47. The molecule has 1 N–H and O–H groups in total. The van der Waals surface area contributed by atoms with Crippen LogP contribution in [0.2, 0.25) is 0 Å². The van der Waals surface area contributed by atoms with E-state index in [1.54, 1.807) is 0 Å². The van der Waals surface area contributed by atoms with E-state index in [2.05, 4.69) is 41.5 Å². The second-order valence-electron chi connectivity index (χ2n) is 8.68. The number of hydrogen-bond donors (Lipinski definition) is 1. The summed E-state index contributed by atoms with van der Waals surface area (Å²) in [6.07, 6.45) is 3.00. The highest BCUT2D eigenvalue weighted by Crippen LogP contribution is 2.45. The number of phenolic OH excluding ortho intramolecular Hbond substituents is 1. The Morgan fingerprint density at radius 3 is 2.22 bits per heavy atom. The van der Waals surface area contributed by atoms with E-state index >= 15 is 0 Å². The molecule has 0 aliphatic carbocycles. The maximum atomic E-state index is 10.9. The Labute approximate surface area is 141 Å². The number of phenols is 1. The quantitative estimate of drug-likeness (QED) is 0.814. The summed E-state index contributed by atoms with van der Waals surface area (Å²) in [6, 6.07) is 2.00. The summed E-state index contributed by atoms with van der Waals surface area (Å²) in [5.74, 6) is 1.24. The van der Waals surface area contributed by atoms with E-state index in [-0.39, 0.29) is 17.1 Å². The van der Waals surface area contributed by atoms with E-state index in [9.17, 15) is 5.11 Å². The SMILES string of the molecule is Cc1c(OC2CCCCO2)cc(C(C)(C)C)c(O)c1C(C)(C)C. The Morgan fingerprint density at radius 2 is 1.74 bits per heavy atom. The van der Waals surface area contributed by atoms with Crippen molar-refractivity contribution in [2.24, 2.45) is 0 Å². The minimum absolute atomic E-state index is 0.149. The van der Waals surface area contributed by atoms with Crippen molar-refractivity contribution >= 4 is 0 Å². The van der Waals surface area contributed by atoms with Gasteiger partial charge in [0.2, 0.25) is 0 Å². The van der Waals surface area contributed by atoms with Gasteiger partial charge in [-0.3, -0.25) is 0 Å². The second kappa shape index (κ2) is 6.35. The molecule has 3 heteroatoms. The normalized spacial score (nSPS) is 19.7. The average molecular weight is 320 g/mol. The molecule has 1 aliphatic heterocycles. The molecule has 1 aromatic carbocycles. The van der Waals surface area contributed by atoms with Gasteiger partial charge >= 0.3 is 0 Å². The van der Waals surface area contributed by atoms with Gasteiger partial charge in [-0.15, -0.1) is 0 Å². The lowest BCUT2D eigenvalue weighted by molar-refractivity contribution is -0.106. The zero-order valence-corrected chi connectivity index (χ0v) is 15.7. The third kappa shape index (κ3) is 4.00. The fourth-order valence-electron chi connectivity index (χ4n) is 3.30. The fraction of sp³-hybridized carbons (Fsp3) is 0.700. The first-order chi connectivity index (χ1) is 10.5. The molecule has 0 aromatic heterocycles. The van der Waals surface area contributed by atoms with Crippen molar-refractivity contribution in [3.05, 3.63) is 22.8 Å². The number of benzene rings is 1. The van der Waals surface area contributed by atoms with Crippen molar-refractivity contribution in [1.82, 2.24) is 0 Å². The summed E-state index contributed by atoms with van der Waals surface area (Å²) in [4.78, 5) is 0. The molecule has 1 fully saturated rings. The van der Waals surface area contributed by atoms with Crippen LogP contribution in [0, 0.1) is 6.92 Å². The van der Waals surface area contributed by atoms with E-state index < -0.39 is 0 Å². The van der Waals surface area contributed by atoms with Crippen molar-refractivity contribution in [3.8, 4) is 11.5 Å². The summed E-state index contributed by atoms with van der Waals surface area (Å²) in [5, 5.41) is 10.9. The molecule has 0 radical (unpaired) electrons. The molecule has 0 saturated carbocycles. The molecule has 0 amide bonds. The average Bonchev–Trinajstić information content (AvgIpc) is 2.40. The molecule has 130 valence electrons. The minimum Gasteiger partial charge on any atom is -0.507 e. The molecule has 1 atom stereocenters. The summed E-state index contributed by atoms with van der Waals surface area (Å²) in [7, 11) is 0. The highest BCUT2D eigenvalue weighted by molar-refractivity contribution is 5.57. The predicted octanol–water partition coefficient (Wildman–Crippen LogP) is 5.20. The van der Waals surface area contributed by atoms with Crippen LogP contribution in [0.3, 0.4) is 0 Å². The third-order valence-electron chi connectivity index (χ3n) is 4.47. The summed E-state index contributed by atoms with van der Waals surface area (Å²) < 4.78 is 11.9. The molecule has 1 heterocycles. The Morgan fingerprint density at radius 1 is 1.09 bits per heavy atom. The number of aromatic hydroxyl groups is 1. The number of rotatable bonds is 2. The maximum absolute atomic E-state index is 10.9. The zero-order valence-electron chi connectivity index (χ0n) is 15.7. The first-order valence-corrected chi connectivity index (χ1v) is 8.67. The second-order valence-corrected chi connectivity index (χ2v) is 8.68. The molecule has 1 aliphatic rings. The molecule has 1 unspecified atom stereocenters. The van der Waals surface area contributed by atoms with Crippen LogP contribution in [0.4, 0.5) is 0 Å². The van der Waals surface area contributed by atoms with Gasteiger partial charge in [0.1, 0.15) is 11.5 Å². The Balaban J connectivity index is 2.52. The van der Waals surface area contributed by atoms with Gasteiger partial charge in [0, 0.05) is 17.5 Å². The molecule has 23 heavy (non-hydrogen) atoms. The summed E-state index contributed by atoms with van der Waals surface area (Å²) in [5.41, 5.74) is 2.61. The van der Waals surface area contributed by atoms with Gasteiger partial charge in [-0.25, -0.2) is 0 Å². The van der Waals surface area contributed by atoms with E-state index in [0.717, 1.165) is 48.3 Å². The van der Waals surface area contributed by atoms with E-state index in [0.29, 0.717) is 5.75 Å². The van der Waals surface area contributed by atoms with E-state index in [4.69, 9.17) is 9.47 Å². The molecule has 0 bridgehead atoms. The predicted molar refractivity (Wildman–Crippen MR) is 94.5 cm³/mol. The Bertz CT molecular complexity index is 556. The standard InChI is InChI=1S/C20H32O3/c1-13-15(23-16-10-8-9-11-22-16)12-14(19(2,3)4)18(21)17(13)20(5,6)7/h12,16,21H,8-11H2,1-7H3. The highest BCUT2D eigenvalue weighted by Gasteiger charge is 2.30. The van der Waals surface area contributed by atoms with Crippen LogP contribution in [-0.4, -0.2) is 18.0 Å². The van der Waals surface area contributed by atoms with Crippen LogP contribution in [0.5, 0.6) is 11.5 Å². The van der Waals surface area contributed by atoms with Gasteiger partial charge in [-0.1, -0.05) is 41.5 Å². The van der Waals surface area contributed by atoms with Crippen LogP contribution in [0.1, 0.15) is 77.5 Å². The van der Waals surface area contributed by atoms with Gasteiger partial charge < -0.3 is 14.6 Å². The lowest BCUT2D eigenvalue weighted by Gasteiger charge is -2.32. The molecule has 1 aromatic rings. The fourth-order valence-corrected chi connectivity index (χ4v) is 3.30. The van der Waals surface area contributed by atoms with Gasteiger partial charge in [0.25, 0.3) is 0 Å². The lowest BCUT2D eigenvalue weighted by atomic mass is 9.77. The number of ether oxygens (including phenoxy) is 2. The highest BCUT2D eigenvalue weighted by atomic mass is 16.7. The lowest BCUT2D eigenvalue weighted by Crippen LogP contribution is -2.26. The maximum Gasteiger partial charge on any atom is 0.199 e. The zero-order chi connectivity index (χ0) is 17.4. The van der Waals surface area contributed by atoms with Gasteiger partial charge in [-0.2, -0.15) is 0 Å². The van der Waals surface area contributed by atoms with Crippen LogP contribution in [0.15, 0.2) is 6.07 Å². The van der Waals surface area contributed by atoms with E-state index in [1.807, 2.05) is 13.0 Å². The summed E-state index contributed by atoms with van der Waals surface area (Å²) in [6.45, 7) is 15.5. The molecular formula is C20H32O3. The van der Waals surface area contributed by atoms with Crippen LogP contribution in [0.25, 0.3) is 0 Å². The minimum atomic E-state index is -0.173. The molecule has 0 spiro atoms. The molecule has 3 nitrogen and oxygen atoms in total. The van der Waals surface area contributed by atoms with Crippen molar-refractivity contribution in [3.63, 3.8) is 0 Å². The monoisotopic (exact) mass is 320 g/mol. The first kappa shape index (κ1) is 18.1. The van der Waals surface area contributed by atoms with Crippen LogP contribution in [-0.2, 0) is 15.6 Å². The van der Waals surface area contributed by atoms with Crippen molar-refractivity contribution in [1.29, 1.82) is 0 Å². The summed E-state index contributed by atoms with van der Waals surface area (Å²) >= 11 is 0. The van der Waals surface area contributed by atoms with Crippen molar-refractivity contribution < 1.29 is 14.6 Å². The van der Waals surface area contributed by atoms with Crippen molar-refractivity contribution in [2.45, 2.75) is 84.8 Å². The van der Waals surface area contributed by atoms with Crippen LogP contribution >= 0.6 is 0 Å². The van der Waals surface area contributed by atoms with Crippen molar-refractivity contribution in [2.75, 3.05) is 6.61 Å². The Hall–Kier alpha value is -1.22. The van der Waals surface area contributed by atoms with Gasteiger partial charge in [-0.05, 0) is 42.2 Å². The topological polar surface area (TPSA) is 38.7 Å². The first-order valence-electron chi connectivity index (χ1n) is 8.67. The molecule has 1 saturated heterocycles.